The van der Waals surface area contributed by atoms with Gasteiger partial charge in [-0.2, -0.15) is 0 Å². The number of aryl methyl sites for hydroxylation is 1. The van der Waals surface area contributed by atoms with Crippen molar-refractivity contribution in [1.82, 2.24) is 5.32 Å². The number of hydrogen-bond acceptors (Lipinski definition) is 3. The second-order valence-electron chi connectivity index (χ2n) is 5.85. The maximum Gasteiger partial charge on any atom is 0.319 e. The molecule has 1 aromatic carbocycles. The van der Waals surface area contributed by atoms with E-state index in [0.29, 0.717) is 19.6 Å². The molecule has 2 unspecified atom stereocenters. The number of rotatable bonds is 8. The lowest BCUT2D eigenvalue weighted by molar-refractivity contribution is 0.163. The van der Waals surface area contributed by atoms with Gasteiger partial charge < -0.3 is 20.5 Å². The molecule has 5 nitrogen and oxygen atoms in total. The van der Waals surface area contributed by atoms with Crippen LogP contribution in [-0.2, 0) is 0 Å². The van der Waals surface area contributed by atoms with E-state index < -0.39 is 0 Å². The van der Waals surface area contributed by atoms with Crippen LogP contribution in [0.25, 0.3) is 0 Å². The fraction of sp³-hybridized carbons (Fsp3) is 0.588. The van der Waals surface area contributed by atoms with Gasteiger partial charge in [0, 0.05) is 12.2 Å². The summed E-state index contributed by atoms with van der Waals surface area (Å²) in [4.78, 5) is 11.9. The van der Waals surface area contributed by atoms with Crippen LogP contribution >= 0.6 is 0 Å². The van der Waals surface area contributed by atoms with Gasteiger partial charge in [0.15, 0.2) is 0 Å². The Morgan fingerprint density at radius 2 is 2.09 bits per heavy atom. The Morgan fingerprint density at radius 1 is 1.36 bits per heavy atom. The van der Waals surface area contributed by atoms with E-state index in [2.05, 4.69) is 17.6 Å². The fourth-order valence-corrected chi connectivity index (χ4v) is 2.19. The highest BCUT2D eigenvalue weighted by atomic mass is 16.5. The van der Waals surface area contributed by atoms with E-state index in [0.717, 1.165) is 23.4 Å². The van der Waals surface area contributed by atoms with Crippen LogP contribution < -0.4 is 15.4 Å². The predicted molar refractivity (Wildman–Crippen MR) is 89.4 cm³/mol. The van der Waals surface area contributed by atoms with Gasteiger partial charge in [0.2, 0.25) is 0 Å². The first-order valence-corrected chi connectivity index (χ1v) is 7.88. The highest BCUT2D eigenvalue weighted by molar-refractivity contribution is 5.90. The van der Waals surface area contributed by atoms with Crippen LogP contribution in [0.2, 0.25) is 0 Å². The van der Waals surface area contributed by atoms with E-state index in [1.165, 1.54) is 0 Å². The number of carbonyl (C=O) groups is 1. The molecule has 0 aromatic heterocycles. The monoisotopic (exact) mass is 308 g/mol. The highest BCUT2D eigenvalue weighted by Crippen LogP contribution is 2.21. The topological polar surface area (TPSA) is 70.6 Å². The lowest BCUT2D eigenvalue weighted by Crippen LogP contribution is -2.33. The summed E-state index contributed by atoms with van der Waals surface area (Å²) in [7, 11) is 0. The minimum absolute atomic E-state index is 0.233. The van der Waals surface area contributed by atoms with Crippen LogP contribution in [0.5, 0.6) is 5.75 Å². The summed E-state index contributed by atoms with van der Waals surface area (Å²) in [5, 5.41) is 15.0. The number of aliphatic hydroxyl groups excluding tert-OH is 1. The number of ether oxygens (including phenoxy) is 1. The number of nitrogens with one attached hydrogen (secondary N) is 2. The molecule has 0 heterocycles. The molecule has 0 aliphatic rings. The molecule has 0 saturated carbocycles. The molecule has 0 bridgehead atoms. The fourth-order valence-electron chi connectivity index (χ4n) is 2.19. The lowest BCUT2D eigenvalue weighted by atomic mass is 10.1. The molecular weight excluding hydrogens is 280 g/mol. The van der Waals surface area contributed by atoms with Gasteiger partial charge in [-0.3, -0.25) is 0 Å². The average molecular weight is 308 g/mol. The SMILES string of the molecule is CCCOc1ccc(NC(=O)NCC(C)CC(C)O)c(C)c1. The number of benzene rings is 1. The van der Waals surface area contributed by atoms with Crippen molar-refractivity contribution >= 4 is 11.7 Å². The van der Waals surface area contributed by atoms with Crippen LogP contribution in [0.15, 0.2) is 18.2 Å². The third-order valence-corrected chi connectivity index (χ3v) is 3.27. The van der Waals surface area contributed by atoms with Crippen LogP contribution in [0.3, 0.4) is 0 Å². The Labute approximate surface area is 133 Å². The molecule has 2 atom stereocenters. The summed E-state index contributed by atoms with van der Waals surface area (Å²) < 4.78 is 5.56. The number of urea groups is 1. The van der Waals surface area contributed by atoms with E-state index in [1.54, 1.807) is 6.92 Å². The molecule has 5 heteroatoms. The maximum absolute atomic E-state index is 11.9. The molecule has 0 aliphatic carbocycles. The van der Waals surface area contributed by atoms with Gasteiger partial charge in [0.05, 0.1) is 12.7 Å². The first kappa shape index (κ1) is 18.3. The Kier molecular flexibility index (Phi) is 7.74. The first-order valence-electron chi connectivity index (χ1n) is 7.88. The molecule has 22 heavy (non-hydrogen) atoms. The van der Waals surface area contributed by atoms with Crippen LogP contribution in [0.1, 0.15) is 39.2 Å². The molecule has 0 radical (unpaired) electrons. The molecular formula is C17H28N2O3. The maximum atomic E-state index is 11.9. The molecule has 0 aliphatic heterocycles. The molecule has 3 N–H and O–H groups in total. The molecule has 0 saturated heterocycles. The molecule has 0 spiro atoms. The summed E-state index contributed by atoms with van der Waals surface area (Å²) in [6.07, 6.45) is 1.28. The van der Waals surface area contributed by atoms with E-state index >= 15 is 0 Å². The van der Waals surface area contributed by atoms with Crippen molar-refractivity contribution in [3.05, 3.63) is 23.8 Å². The summed E-state index contributed by atoms with van der Waals surface area (Å²) in [5.41, 5.74) is 1.73. The van der Waals surface area contributed by atoms with Crippen LogP contribution in [0, 0.1) is 12.8 Å². The molecule has 0 fully saturated rings. The van der Waals surface area contributed by atoms with Gasteiger partial charge in [-0.15, -0.1) is 0 Å². The van der Waals surface area contributed by atoms with Gasteiger partial charge in [0.25, 0.3) is 0 Å². The van der Waals surface area contributed by atoms with Crippen LogP contribution in [0.4, 0.5) is 10.5 Å². The predicted octanol–water partition coefficient (Wildman–Crippen LogP) is 3.31. The van der Waals surface area contributed by atoms with Crippen molar-refractivity contribution < 1.29 is 14.6 Å². The van der Waals surface area contributed by atoms with Crippen molar-refractivity contribution in [2.75, 3.05) is 18.5 Å². The molecule has 1 aromatic rings. The Balaban J connectivity index is 2.47. The van der Waals surface area contributed by atoms with E-state index in [4.69, 9.17) is 4.74 Å². The third-order valence-electron chi connectivity index (χ3n) is 3.27. The third kappa shape index (κ3) is 6.80. The second kappa shape index (κ2) is 9.30. The number of carbonyl (C=O) groups excluding carboxylic acids is 1. The van der Waals surface area contributed by atoms with E-state index in [1.807, 2.05) is 32.0 Å². The van der Waals surface area contributed by atoms with Crippen molar-refractivity contribution in [2.24, 2.45) is 5.92 Å². The largest absolute Gasteiger partial charge is 0.494 e. The zero-order valence-electron chi connectivity index (χ0n) is 14.0. The second-order valence-corrected chi connectivity index (χ2v) is 5.85. The van der Waals surface area contributed by atoms with E-state index in [-0.39, 0.29) is 18.1 Å². The Hall–Kier alpha value is -1.75. The van der Waals surface area contributed by atoms with Gasteiger partial charge in [-0.05, 0) is 56.4 Å². The van der Waals surface area contributed by atoms with Crippen molar-refractivity contribution in [1.29, 1.82) is 0 Å². The van der Waals surface area contributed by atoms with Gasteiger partial charge >= 0.3 is 6.03 Å². The summed E-state index contributed by atoms with van der Waals surface area (Å²) in [6, 6.07) is 5.39. The smallest absolute Gasteiger partial charge is 0.319 e. The number of aliphatic hydroxyl groups is 1. The van der Waals surface area contributed by atoms with Crippen molar-refractivity contribution in [2.45, 2.75) is 46.6 Å². The van der Waals surface area contributed by atoms with E-state index in [9.17, 15) is 9.90 Å². The zero-order chi connectivity index (χ0) is 16.5. The zero-order valence-corrected chi connectivity index (χ0v) is 14.0. The van der Waals surface area contributed by atoms with Gasteiger partial charge in [-0.1, -0.05) is 13.8 Å². The van der Waals surface area contributed by atoms with Gasteiger partial charge in [-0.25, -0.2) is 4.79 Å². The summed E-state index contributed by atoms with van der Waals surface area (Å²) in [5.74, 6) is 1.05. The van der Waals surface area contributed by atoms with Crippen LogP contribution in [-0.4, -0.2) is 30.4 Å². The molecule has 1 rings (SSSR count). The standard InChI is InChI=1S/C17H28N2O3/c1-5-8-22-15-6-7-16(13(3)10-15)19-17(21)18-11-12(2)9-14(4)20/h6-7,10,12,14,20H,5,8-9,11H2,1-4H3,(H2,18,19,21). The minimum Gasteiger partial charge on any atom is -0.494 e. The lowest BCUT2D eigenvalue weighted by Gasteiger charge is -2.15. The average Bonchev–Trinajstić information content (AvgIpc) is 2.45. The summed E-state index contributed by atoms with van der Waals surface area (Å²) >= 11 is 0. The molecule has 2 amide bonds. The molecule has 124 valence electrons. The van der Waals surface area contributed by atoms with Crippen molar-refractivity contribution in [3.63, 3.8) is 0 Å². The first-order chi connectivity index (χ1) is 10.4. The number of hydrogen-bond donors (Lipinski definition) is 3. The Bertz CT molecular complexity index is 475. The Morgan fingerprint density at radius 3 is 2.68 bits per heavy atom. The quantitative estimate of drug-likeness (QED) is 0.690. The normalized spacial score (nSPS) is 13.3. The number of anilines is 1. The van der Waals surface area contributed by atoms with Gasteiger partial charge in [0.1, 0.15) is 5.75 Å². The minimum atomic E-state index is -0.349. The van der Waals surface area contributed by atoms with Crippen molar-refractivity contribution in [3.8, 4) is 5.75 Å². The summed E-state index contributed by atoms with van der Waals surface area (Å²) in [6.45, 7) is 8.97. The highest BCUT2D eigenvalue weighted by Gasteiger charge is 2.09. The number of amides is 2.